The molecule has 0 bridgehead atoms. The summed E-state index contributed by atoms with van der Waals surface area (Å²) in [5, 5.41) is 4.20. The van der Waals surface area contributed by atoms with Crippen molar-refractivity contribution in [3.8, 4) is 5.69 Å². The molecule has 0 atom stereocenters. The van der Waals surface area contributed by atoms with Gasteiger partial charge in [0.15, 0.2) is 0 Å². The number of hydrogen-bond acceptors (Lipinski definition) is 6. The van der Waals surface area contributed by atoms with Crippen molar-refractivity contribution in [2.45, 2.75) is 45.1 Å². The number of nitrogen functional groups attached to an aromatic ring is 1. The maximum absolute atomic E-state index is 13.0. The molecule has 0 radical (unpaired) electrons. The first-order valence-electron chi connectivity index (χ1n) is 11.2. The molecule has 1 aromatic carbocycles. The van der Waals surface area contributed by atoms with E-state index in [1.807, 2.05) is 4.90 Å². The molecule has 1 aliphatic carbocycles. The fraction of sp³-hybridized carbons (Fsp3) is 0.522. The van der Waals surface area contributed by atoms with Gasteiger partial charge in [-0.25, -0.2) is 9.48 Å². The third kappa shape index (κ3) is 4.58. The highest BCUT2D eigenvalue weighted by atomic mass is 16.5. The molecule has 2 fully saturated rings. The minimum atomic E-state index is -0.495. The van der Waals surface area contributed by atoms with Crippen LogP contribution in [0.5, 0.6) is 0 Å². The number of ether oxygens (including phenoxy) is 1. The first-order valence-corrected chi connectivity index (χ1v) is 11.2. The van der Waals surface area contributed by atoms with Gasteiger partial charge in [-0.2, -0.15) is 5.10 Å². The summed E-state index contributed by atoms with van der Waals surface area (Å²) in [6.07, 6.45) is 8.02. The minimum absolute atomic E-state index is 0.0514. The van der Waals surface area contributed by atoms with Gasteiger partial charge >= 0.3 is 5.97 Å². The van der Waals surface area contributed by atoms with Gasteiger partial charge in [-0.3, -0.25) is 9.69 Å². The van der Waals surface area contributed by atoms with Gasteiger partial charge in [0.2, 0.25) is 0 Å². The molecule has 0 unspecified atom stereocenters. The van der Waals surface area contributed by atoms with Crippen molar-refractivity contribution >= 4 is 17.7 Å². The number of benzene rings is 1. The Hall–Kier alpha value is -2.87. The van der Waals surface area contributed by atoms with Crippen LogP contribution in [-0.4, -0.2) is 70.3 Å². The van der Waals surface area contributed by atoms with Crippen LogP contribution in [0.2, 0.25) is 0 Å². The lowest BCUT2D eigenvalue weighted by Crippen LogP contribution is -2.52. The standard InChI is InChI=1S/C23H31N5O3/c1-2-31-23(30)20-16-25-28(21(20)24)19-10-8-17(9-11-19)22(29)27-14-12-26(13-15-27)18-6-4-3-5-7-18/h8-11,16,18H,2-7,12-15,24H2,1H3. The van der Waals surface area contributed by atoms with E-state index in [4.69, 9.17) is 10.5 Å². The molecule has 8 nitrogen and oxygen atoms in total. The molecule has 1 saturated carbocycles. The zero-order chi connectivity index (χ0) is 21.8. The number of carbonyl (C=O) groups is 2. The van der Waals surface area contributed by atoms with E-state index in [1.54, 1.807) is 31.2 Å². The van der Waals surface area contributed by atoms with E-state index in [2.05, 4.69) is 10.00 Å². The second-order valence-electron chi connectivity index (χ2n) is 8.24. The van der Waals surface area contributed by atoms with Crippen molar-refractivity contribution in [1.82, 2.24) is 19.6 Å². The van der Waals surface area contributed by atoms with Gasteiger partial charge in [0.05, 0.1) is 18.5 Å². The third-order valence-corrected chi connectivity index (χ3v) is 6.35. The molecule has 8 heteroatoms. The summed E-state index contributed by atoms with van der Waals surface area (Å²) in [5.74, 6) is -0.225. The molecule has 2 N–H and O–H groups in total. The van der Waals surface area contributed by atoms with Crippen LogP contribution in [0, 0.1) is 0 Å². The number of nitrogens with two attached hydrogens (primary N) is 1. The largest absolute Gasteiger partial charge is 0.462 e. The highest BCUT2D eigenvalue weighted by Gasteiger charge is 2.27. The van der Waals surface area contributed by atoms with Crippen LogP contribution in [0.1, 0.15) is 59.7 Å². The van der Waals surface area contributed by atoms with Crippen molar-refractivity contribution in [2.75, 3.05) is 38.5 Å². The normalized spacial score (nSPS) is 18.2. The molecule has 4 rings (SSSR count). The number of esters is 1. The van der Waals surface area contributed by atoms with E-state index >= 15 is 0 Å². The summed E-state index contributed by atoms with van der Waals surface area (Å²) >= 11 is 0. The summed E-state index contributed by atoms with van der Waals surface area (Å²) in [6, 6.07) is 7.87. The summed E-state index contributed by atoms with van der Waals surface area (Å²) in [7, 11) is 0. The molecular weight excluding hydrogens is 394 g/mol. The van der Waals surface area contributed by atoms with Crippen LogP contribution in [0.15, 0.2) is 30.5 Å². The molecule has 1 saturated heterocycles. The minimum Gasteiger partial charge on any atom is -0.462 e. The molecule has 31 heavy (non-hydrogen) atoms. The average molecular weight is 426 g/mol. The fourth-order valence-corrected chi connectivity index (χ4v) is 4.59. The second kappa shape index (κ2) is 9.51. The second-order valence-corrected chi connectivity index (χ2v) is 8.24. The molecule has 2 aliphatic rings. The molecule has 1 aliphatic heterocycles. The Labute approximate surface area is 182 Å². The van der Waals surface area contributed by atoms with Gasteiger partial charge in [0.1, 0.15) is 11.4 Å². The number of aromatic nitrogens is 2. The van der Waals surface area contributed by atoms with Crippen molar-refractivity contribution in [3.63, 3.8) is 0 Å². The number of piperazine rings is 1. The number of anilines is 1. The Morgan fingerprint density at radius 2 is 1.74 bits per heavy atom. The highest BCUT2D eigenvalue weighted by Crippen LogP contribution is 2.24. The van der Waals surface area contributed by atoms with Gasteiger partial charge in [0.25, 0.3) is 5.91 Å². The molecule has 1 amide bonds. The average Bonchev–Trinajstić information content (AvgIpc) is 3.21. The van der Waals surface area contributed by atoms with Crippen molar-refractivity contribution in [2.24, 2.45) is 0 Å². The van der Waals surface area contributed by atoms with Gasteiger partial charge in [-0.1, -0.05) is 19.3 Å². The lowest BCUT2D eigenvalue weighted by Gasteiger charge is -2.40. The summed E-state index contributed by atoms with van der Waals surface area (Å²) < 4.78 is 6.47. The maximum Gasteiger partial charge on any atom is 0.343 e. The first-order chi connectivity index (χ1) is 15.1. The molecular formula is C23H31N5O3. The van der Waals surface area contributed by atoms with E-state index < -0.39 is 5.97 Å². The monoisotopic (exact) mass is 425 g/mol. The predicted octanol–water partition coefficient (Wildman–Crippen LogP) is 2.72. The number of nitrogens with zero attached hydrogens (tertiary/aromatic N) is 4. The summed E-state index contributed by atoms with van der Waals surface area (Å²) in [4.78, 5) is 29.4. The SMILES string of the molecule is CCOC(=O)c1cnn(-c2ccc(C(=O)N3CCN(C4CCCCC4)CC3)cc2)c1N. The topological polar surface area (TPSA) is 93.7 Å². The van der Waals surface area contributed by atoms with Crippen molar-refractivity contribution in [3.05, 3.63) is 41.6 Å². The van der Waals surface area contributed by atoms with E-state index in [1.165, 1.54) is 43.0 Å². The van der Waals surface area contributed by atoms with E-state index in [0.29, 0.717) is 17.3 Å². The molecule has 1 aromatic heterocycles. The van der Waals surface area contributed by atoms with Crippen LogP contribution in [0.25, 0.3) is 5.69 Å². The van der Waals surface area contributed by atoms with E-state index in [0.717, 1.165) is 26.2 Å². The zero-order valence-corrected chi connectivity index (χ0v) is 18.1. The lowest BCUT2D eigenvalue weighted by atomic mass is 9.94. The van der Waals surface area contributed by atoms with Crippen LogP contribution >= 0.6 is 0 Å². The van der Waals surface area contributed by atoms with Gasteiger partial charge in [0, 0.05) is 37.8 Å². The Balaban J connectivity index is 1.38. The van der Waals surface area contributed by atoms with Crippen LogP contribution < -0.4 is 5.73 Å². The Morgan fingerprint density at radius 1 is 1.06 bits per heavy atom. The van der Waals surface area contributed by atoms with Crippen LogP contribution in [0.3, 0.4) is 0 Å². The Morgan fingerprint density at radius 3 is 2.39 bits per heavy atom. The summed E-state index contributed by atoms with van der Waals surface area (Å²) in [5.41, 5.74) is 7.64. The van der Waals surface area contributed by atoms with Crippen LogP contribution in [-0.2, 0) is 4.74 Å². The smallest absolute Gasteiger partial charge is 0.343 e. The van der Waals surface area contributed by atoms with E-state index in [9.17, 15) is 9.59 Å². The summed E-state index contributed by atoms with van der Waals surface area (Å²) in [6.45, 7) is 5.46. The number of hydrogen-bond donors (Lipinski definition) is 1. The lowest BCUT2D eigenvalue weighted by molar-refractivity contribution is 0.0518. The fourth-order valence-electron chi connectivity index (χ4n) is 4.59. The molecule has 0 spiro atoms. The third-order valence-electron chi connectivity index (χ3n) is 6.35. The van der Waals surface area contributed by atoms with Gasteiger partial charge < -0.3 is 15.4 Å². The molecule has 166 valence electrons. The molecule has 2 aromatic rings. The Kier molecular flexibility index (Phi) is 6.56. The van der Waals surface area contributed by atoms with Crippen LogP contribution in [0.4, 0.5) is 5.82 Å². The maximum atomic E-state index is 13.0. The van der Waals surface area contributed by atoms with Crippen molar-refractivity contribution in [1.29, 1.82) is 0 Å². The number of amides is 1. The van der Waals surface area contributed by atoms with E-state index in [-0.39, 0.29) is 23.9 Å². The number of carbonyl (C=O) groups excluding carboxylic acids is 2. The van der Waals surface area contributed by atoms with Crippen molar-refractivity contribution < 1.29 is 14.3 Å². The quantitative estimate of drug-likeness (QED) is 0.741. The van der Waals surface area contributed by atoms with Gasteiger partial charge in [-0.05, 0) is 44.0 Å². The first kappa shape index (κ1) is 21.4. The molecule has 2 heterocycles. The highest BCUT2D eigenvalue weighted by molar-refractivity contribution is 5.95. The predicted molar refractivity (Wildman–Crippen MR) is 118 cm³/mol. The Bertz CT molecular complexity index is 910. The van der Waals surface area contributed by atoms with Gasteiger partial charge in [-0.15, -0.1) is 0 Å². The number of rotatable bonds is 5. The zero-order valence-electron chi connectivity index (χ0n) is 18.1.